The van der Waals surface area contributed by atoms with Crippen LogP contribution in [-0.2, 0) is 31.1 Å². The van der Waals surface area contributed by atoms with E-state index in [-0.39, 0.29) is 17.7 Å². The van der Waals surface area contributed by atoms with Crippen molar-refractivity contribution in [3.05, 3.63) is 35.4 Å². The number of piperidine rings is 1. The van der Waals surface area contributed by atoms with Crippen LogP contribution in [0.15, 0.2) is 24.3 Å². The monoisotopic (exact) mass is 344 g/mol. The number of amides is 2. The highest BCUT2D eigenvalue weighted by molar-refractivity contribution is 5.91. The van der Waals surface area contributed by atoms with E-state index in [2.05, 4.69) is 5.32 Å². The number of esters is 1. The lowest BCUT2D eigenvalue weighted by molar-refractivity contribution is -0.152. The maximum Gasteiger partial charge on any atom is 0.336 e. The van der Waals surface area contributed by atoms with E-state index in [0.717, 1.165) is 17.5 Å². The fourth-order valence-electron chi connectivity index (χ4n) is 3.95. The third kappa shape index (κ3) is 3.13. The zero-order chi connectivity index (χ0) is 18.0. The Labute approximate surface area is 147 Å². The van der Waals surface area contributed by atoms with Gasteiger partial charge in [0.15, 0.2) is 5.54 Å². The van der Waals surface area contributed by atoms with E-state index in [4.69, 9.17) is 4.74 Å². The normalized spacial score (nSPS) is 23.0. The SMILES string of the molecule is COC(=O)[C@]1(NC(=O)C2CCN(C(C)=O)CC2)CCc2ccccc21. The van der Waals surface area contributed by atoms with Gasteiger partial charge in [-0.3, -0.25) is 9.59 Å². The topological polar surface area (TPSA) is 75.7 Å². The quantitative estimate of drug-likeness (QED) is 0.841. The maximum absolute atomic E-state index is 12.8. The second-order valence-electron chi connectivity index (χ2n) is 6.82. The molecule has 0 aromatic heterocycles. The van der Waals surface area contributed by atoms with Gasteiger partial charge in [-0.1, -0.05) is 24.3 Å². The molecule has 1 fully saturated rings. The summed E-state index contributed by atoms with van der Waals surface area (Å²) in [6.07, 6.45) is 2.47. The van der Waals surface area contributed by atoms with E-state index < -0.39 is 11.5 Å². The summed E-state index contributed by atoms with van der Waals surface area (Å²) < 4.78 is 5.02. The van der Waals surface area contributed by atoms with Gasteiger partial charge < -0.3 is 15.0 Å². The number of hydrogen-bond acceptors (Lipinski definition) is 4. The van der Waals surface area contributed by atoms with Crippen LogP contribution in [0.25, 0.3) is 0 Å². The minimum atomic E-state index is -1.10. The zero-order valence-corrected chi connectivity index (χ0v) is 14.7. The van der Waals surface area contributed by atoms with E-state index in [1.54, 1.807) is 11.8 Å². The average Bonchev–Trinajstić information content (AvgIpc) is 3.01. The fraction of sp³-hybridized carbons (Fsp3) is 0.526. The predicted molar refractivity (Wildman–Crippen MR) is 91.6 cm³/mol. The Bertz CT molecular complexity index is 694. The molecular weight excluding hydrogens is 320 g/mol. The number of rotatable bonds is 3. The maximum atomic E-state index is 12.8. The van der Waals surface area contributed by atoms with Crippen molar-refractivity contribution >= 4 is 17.8 Å². The molecule has 6 heteroatoms. The van der Waals surface area contributed by atoms with Gasteiger partial charge in [0.05, 0.1) is 7.11 Å². The third-order valence-corrected chi connectivity index (χ3v) is 5.43. The highest BCUT2D eigenvalue weighted by Gasteiger charge is 2.48. The summed E-state index contributed by atoms with van der Waals surface area (Å²) >= 11 is 0. The van der Waals surface area contributed by atoms with Crippen molar-refractivity contribution in [2.45, 2.75) is 38.1 Å². The van der Waals surface area contributed by atoms with E-state index in [1.807, 2.05) is 24.3 Å². The van der Waals surface area contributed by atoms with Crippen molar-refractivity contribution in [2.75, 3.05) is 20.2 Å². The number of likely N-dealkylation sites (tertiary alicyclic amines) is 1. The molecule has 1 aromatic carbocycles. The average molecular weight is 344 g/mol. The Hall–Kier alpha value is -2.37. The molecule has 0 bridgehead atoms. The van der Waals surface area contributed by atoms with Gasteiger partial charge in [0, 0.05) is 25.9 Å². The molecule has 1 aliphatic heterocycles. The molecule has 0 unspecified atom stereocenters. The first kappa shape index (κ1) is 17.5. The summed E-state index contributed by atoms with van der Waals surface area (Å²) in [4.78, 5) is 38.6. The van der Waals surface area contributed by atoms with E-state index in [9.17, 15) is 14.4 Å². The molecule has 1 heterocycles. The van der Waals surface area contributed by atoms with Crippen LogP contribution in [0.4, 0.5) is 0 Å². The van der Waals surface area contributed by atoms with Gasteiger partial charge in [-0.25, -0.2) is 4.79 Å². The van der Waals surface area contributed by atoms with E-state index in [0.29, 0.717) is 32.4 Å². The van der Waals surface area contributed by atoms with Crippen molar-refractivity contribution < 1.29 is 19.1 Å². The lowest BCUT2D eigenvalue weighted by atomic mass is 9.89. The molecular formula is C19H24N2O4. The first-order valence-electron chi connectivity index (χ1n) is 8.72. The Morgan fingerprint density at radius 1 is 1.20 bits per heavy atom. The Balaban J connectivity index is 1.78. The smallest absolute Gasteiger partial charge is 0.336 e. The van der Waals surface area contributed by atoms with Crippen molar-refractivity contribution in [1.29, 1.82) is 0 Å². The lowest BCUT2D eigenvalue weighted by Crippen LogP contribution is -2.54. The standard InChI is InChI=1S/C19H24N2O4/c1-13(22)21-11-8-15(9-12-21)17(23)20-19(18(24)25-2)10-7-14-5-3-4-6-16(14)19/h3-6,15H,7-12H2,1-2H3,(H,20,23)/t19-/m0/s1. The van der Waals surface area contributed by atoms with Crippen LogP contribution in [0.2, 0.25) is 0 Å². The zero-order valence-electron chi connectivity index (χ0n) is 14.7. The van der Waals surface area contributed by atoms with Crippen LogP contribution in [0, 0.1) is 5.92 Å². The second kappa shape index (κ2) is 6.86. The molecule has 0 radical (unpaired) electrons. The summed E-state index contributed by atoms with van der Waals surface area (Å²) in [5.41, 5.74) is 0.802. The molecule has 0 saturated carbocycles. The summed E-state index contributed by atoms with van der Waals surface area (Å²) in [5.74, 6) is -0.711. The summed E-state index contributed by atoms with van der Waals surface area (Å²) in [6, 6.07) is 7.68. The summed E-state index contributed by atoms with van der Waals surface area (Å²) in [6.45, 7) is 2.70. The predicted octanol–water partition coefficient (Wildman–Crippen LogP) is 1.38. The lowest BCUT2D eigenvalue weighted by Gasteiger charge is -2.34. The molecule has 1 saturated heterocycles. The molecule has 1 aromatic rings. The number of carbonyl (C=O) groups is 3. The number of ether oxygens (including phenoxy) is 1. The highest BCUT2D eigenvalue weighted by atomic mass is 16.5. The second-order valence-corrected chi connectivity index (χ2v) is 6.82. The summed E-state index contributed by atoms with van der Waals surface area (Å²) in [7, 11) is 1.35. The first-order valence-corrected chi connectivity index (χ1v) is 8.72. The van der Waals surface area contributed by atoms with E-state index in [1.165, 1.54) is 7.11 Å². The highest BCUT2D eigenvalue weighted by Crippen LogP contribution is 2.38. The van der Waals surface area contributed by atoms with Gasteiger partial charge in [0.2, 0.25) is 11.8 Å². The number of nitrogens with one attached hydrogen (secondary N) is 1. The van der Waals surface area contributed by atoms with E-state index >= 15 is 0 Å². The molecule has 2 amide bonds. The number of benzene rings is 1. The first-order chi connectivity index (χ1) is 12.0. The number of fused-ring (bicyclic) bond motifs is 1. The Kier molecular flexibility index (Phi) is 4.79. The van der Waals surface area contributed by atoms with Gasteiger partial charge in [-0.15, -0.1) is 0 Å². The minimum absolute atomic E-state index is 0.0367. The number of nitrogens with zero attached hydrogens (tertiary/aromatic N) is 1. The summed E-state index contributed by atoms with van der Waals surface area (Å²) in [5, 5.41) is 3.00. The third-order valence-electron chi connectivity index (χ3n) is 5.43. The number of carbonyl (C=O) groups excluding carboxylic acids is 3. The largest absolute Gasteiger partial charge is 0.467 e. The molecule has 1 aliphatic carbocycles. The van der Waals surface area contributed by atoms with Crippen molar-refractivity contribution in [3.8, 4) is 0 Å². The molecule has 6 nitrogen and oxygen atoms in total. The molecule has 1 atom stereocenters. The number of hydrogen-bond donors (Lipinski definition) is 1. The molecule has 134 valence electrons. The molecule has 25 heavy (non-hydrogen) atoms. The molecule has 2 aliphatic rings. The van der Waals surface area contributed by atoms with Gasteiger partial charge >= 0.3 is 5.97 Å². The van der Waals surface area contributed by atoms with Gasteiger partial charge in [0.1, 0.15) is 0 Å². The molecule has 0 spiro atoms. The van der Waals surface area contributed by atoms with Crippen molar-refractivity contribution in [1.82, 2.24) is 10.2 Å². The van der Waals surface area contributed by atoms with Crippen molar-refractivity contribution in [2.24, 2.45) is 5.92 Å². The minimum Gasteiger partial charge on any atom is -0.467 e. The number of aryl methyl sites for hydroxylation is 1. The van der Waals surface area contributed by atoms with Crippen LogP contribution in [0.3, 0.4) is 0 Å². The van der Waals surface area contributed by atoms with Crippen LogP contribution in [0.5, 0.6) is 0 Å². The van der Waals surface area contributed by atoms with Gasteiger partial charge in [-0.2, -0.15) is 0 Å². The Morgan fingerprint density at radius 3 is 2.52 bits per heavy atom. The van der Waals surface area contributed by atoms with Crippen molar-refractivity contribution in [3.63, 3.8) is 0 Å². The van der Waals surface area contributed by atoms with Crippen LogP contribution in [0.1, 0.15) is 37.3 Å². The van der Waals surface area contributed by atoms with Gasteiger partial charge in [-0.05, 0) is 36.8 Å². The fourth-order valence-corrected chi connectivity index (χ4v) is 3.95. The van der Waals surface area contributed by atoms with Crippen LogP contribution < -0.4 is 5.32 Å². The number of methoxy groups -OCH3 is 1. The Morgan fingerprint density at radius 2 is 1.88 bits per heavy atom. The van der Waals surface area contributed by atoms with Crippen LogP contribution >= 0.6 is 0 Å². The molecule has 3 rings (SSSR count). The van der Waals surface area contributed by atoms with Crippen LogP contribution in [-0.4, -0.2) is 42.9 Å². The molecule has 1 N–H and O–H groups in total. The van der Waals surface area contributed by atoms with Gasteiger partial charge in [0.25, 0.3) is 0 Å².